The number of ether oxygens (including phenoxy) is 1. The Hall–Kier alpha value is -1.37. The summed E-state index contributed by atoms with van der Waals surface area (Å²) in [5.74, 6) is 7.39. The van der Waals surface area contributed by atoms with E-state index in [2.05, 4.69) is 21.9 Å². The second kappa shape index (κ2) is 5.31. The molecule has 2 aromatic heterocycles. The van der Waals surface area contributed by atoms with Crippen molar-refractivity contribution in [3.05, 3.63) is 34.5 Å². The summed E-state index contributed by atoms with van der Waals surface area (Å²) in [4.78, 5) is 5.40. The van der Waals surface area contributed by atoms with Crippen LogP contribution in [-0.2, 0) is 6.54 Å². The third-order valence-corrected chi connectivity index (χ3v) is 3.62. The molecule has 2 heterocycles. The summed E-state index contributed by atoms with van der Waals surface area (Å²) in [6, 6.07) is 1.80. The van der Waals surface area contributed by atoms with E-state index in [9.17, 15) is 0 Å². The zero-order valence-electron chi connectivity index (χ0n) is 9.88. The molecule has 0 amide bonds. The molecule has 6 heteroatoms. The number of aromatic nitrogens is 2. The number of hydrogen-bond donors (Lipinski definition) is 2. The van der Waals surface area contributed by atoms with Crippen molar-refractivity contribution >= 4 is 11.3 Å². The standard InChI is InChI=1S/C11H16N4OS/c1-3-15-6-5-13-11(15)9(14-12)10-8(16-2)4-7-17-10/h4-7,9,14H,3,12H2,1-2H3. The molecule has 0 fully saturated rings. The molecule has 5 nitrogen and oxygen atoms in total. The first-order valence-corrected chi connectivity index (χ1v) is 6.28. The van der Waals surface area contributed by atoms with Gasteiger partial charge in [-0.05, 0) is 18.4 Å². The molecular weight excluding hydrogens is 236 g/mol. The monoisotopic (exact) mass is 252 g/mol. The Kier molecular flexibility index (Phi) is 3.78. The van der Waals surface area contributed by atoms with Gasteiger partial charge in [-0.2, -0.15) is 0 Å². The molecule has 0 aliphatic rings. The molecule has 0 aliphatic heterocycles. The lowest BCUT2D eigenvalue weighted by Gasteiger charge is -2.16. The fourth-order valence-electron chi connectivity index (χ4n) is 1.80. The molecule has 2 aromatic rings. The minimum atomic E-state index is -0.139. The number of rotatable bonds is 5. The Bertz CT molecular complexity index is 437. The summed E-state index contributed by atoms with van der Waals surface area (Å²) in [6.07, 6.45) is 3.73. The molecule has 2 rings (SSSR count). The van der Waals surface area contributed by atoms with Crippen LogP contribution in [0.5, 0.6) is 5.75 Å². The molecule has 0 radical (unpaired) electrons. The van der Waals surface area contributed by atoms with Crippen LogP contribution in [0.15, 0.2) is 23.8 Å². The molecule has 0 spiro atoms. The summed E-state index contributed by atoms with van der Waals surface area (Å²) in [7, 11) is 1.66. The van der Waals surface area contributed by atoms with E-state index in [0.717, 1.165) is 23.0 Å². The van der Waals surface area contributed by atoms with Gasteiger partial charge < -0.3 is 9.30 Å². The normalized spacial score (nSPS) is 12.6. The molecule has 1 atom stereocenters. The van der Waals surface area contributed by atoms with E-state index in [1.807, 2.05) is 17.6 Å². The Morgan fingerprint density at radius 2 is 2.47 bits per heavy atom. The van der Waals surface area contributed by atoms with Crippen molar-refractivity contribution in [3.63, 3.8) is 0 Å². The van der Waals surface area contributed by atoms with E-state index in [4.69, 9.17) is 10.6 Å². The average molecular weight is 252 g/mol. The Morgan fingerprint density at radius 3 is 3.12 bits per heavy atom. The van der Waals surface area contributed by atoms with Crippen molar-refractivity contribution in [2.24, 2.45) is 5.84 Å². The number of thiophene rings is 1. The summed E-state index contributed by atoms with van der Waals surface area (Å²) in [5.41, 5.74) is 2.80. The van der Waals surface area contributed by atoms with Crippen LogP contribution in [0.25, 0.3) is 0 Å². The van der Waals surface area contributed by atoms with E-state index in [1.165, 1.54) is 0 Å². The maximum absolute atomic E-state index is 5.65. The molecule has 0 bridgehead atoms. The lowest BCUT2D eigenvalue weighted by atomic mass is 10.2. The van der Waals surface area contributed by atoms with E-state index in [0.29, 0.717) is 0 Å². The molecule has 92 valence electrons. The largest absolute Gasteiger partial charge is 0.496 e. The first-order valence-electron chi connectivity index (χ1n) is 5.40. The van der Waals surface area contributed by atoms with Gasteiger partial charge in [0, 0.05) is 18.9 Å². The molecule has 0 aromatic carbocycles. The third-order valence-electron chi connectivity index (χ3n) is 2.65. The lowest BCUT2D eigenvalue weighted by molar-refractivity contribution is 0.405. The molecular formula is C11H16N4OS. The van der Waals surface area contributed by atoms with Crippen molar-refractivity contribution in [2.45, 2.75) is 19.5 Å². The van der Waals surface area contributed by atoms with Gasteiger partial charge in [0.05, 0.1) is 12.0 Å². The van der Waals surface area contributed by atoms with Gasteiger partial charge in [0.1, 0.15) is 17.6 Å². The second-order valence-corrected chi connectivity index (χ2v) is 4.47. The summed E-state index contributed by atoms with van der Waals surface area (Å²) in [5, 5.41) is 1.98. The number of nitrogens with two attached hydrogens (primary N) is 1. The van der Waals surface area contributed by atoms with Gasteiger partial charge in [-0.15, -0.1) is 11.3 Å². The molecule has 0 aliphatic carbocycles. The molecule has 17 heavy (non-hydrogen) atoms. The van der Waals surface area contributed by atoms with Crippen molar-refractivity contribution in [1.29, 1.82) is 0 Å². The summed E-state index contributed by atoms with van der Waals surface area (Å²) in [6.45, 7) is 2.94. The van der Waals surface area contributed by atoms with E-state index >= 15 is 0 Å². The zero-order valence-corrected chi connectivity index (χ0v) is 10.7. The smallest absolute Gasteiger partial charge is 0.134 e. The van der Waals surface area contributed by atoms with Gasteiger partial charge in [0.25, 0.3) is 0 Å². The van der Waals surface area contributed by atoms with Gasteiger partial charge >= 0.3 is 0 Å². The second-order valence-electron chi connectivity index (χ2n) is 3.52. The van der Waals surface area contributed by atoms with Crippen LogP contribution in [0.1, 0.15) is 23.7 Å². The molecule has 0 saturated carbocycles. The van der Waals surface area contributed by atoms with Crippen molar-refractivity contribution in [2.75, 3.05) is 7.11 Å². The SMILES string of the molecule is CCn1ccnc1C(NN)c1sccc1OC. The predicted molar refractivity (Wildman–Crippen MR) is 67.9 cm³/mol. The Labute approximate surface area is 104 Å². The van der Waals surface area contributed by atoms with Crippen LogP contribution >= 0.6 is 11.3 Å². The molecule has 3 N–H and O–H groups in total. The van der Waals surface area contributed by atoms with Crippen LogP contribution in [-0.4, -0.2) is 16.7 Å². The van der Waals surface area contributed by atoms with Crippen molar-refractivity contribution < 1.29 is 4.74 Å². The number of nitrogens with zero attached hydrogens (tertiary/aromatic N) is 2. The highest BCUT2D eigenvalue weighted by molar-refractivity contribution is 7.10. The van der Waals surface area contributed by atoms with Crippen molar-refractivity contribution in [3.8, 4) is 5.75 Å². The van der Waals surface area contributed by atoms with Crippen LogP contribution in [0.3, 0.4) is 0 Å². The highest BCUT2D eigenvalue weighted by atomic mass is 32.1. The number of aryl methyl sites for hydroxylation is 1. The van der Waals surface area contributed by atoms with Gasteiger partial charge in [0.15, 0.2) is 0 Å². The Balaban J connectivity index is 2.40. The maximum atomic E-state index is 5.65. The Morgan fingerprint density at radius 1 is 1.65 bits per heavy atom. The summed E-state index contributed by atoms with van der Waals surface area (Å²) < 4.78 is 7.38. The first kappa shape index (κ1) is 12.1. The van der Waals surface area contributed by atoms with Gasteiger partial charge in [-0.25, -0.2) is 10.4 Å². The first-order chi connectivity index (χ1) is 8.31. The van der Waals surface area contributed by atoms with Crippen LogP contribution in [0.2, 0.25) is 0 Å². The van der Waals surface area contributed by atoms with Crippen molar-refractivity contribution in [1.82, 2.24) is 15.0 Å². The summed E-state index contributed by atoms with van der Waals surface area (Å²) >= 11 is 1.60. The number of imidazole rings is 1. The topological polar surface area (TPSA) is 65.1 Å². The minimum Gasteiger partial charge on any atom is -0.496 e. The highest BCUT2D eigenvalue weighted by Gasteiger charge is 2.22. The fraction of sp³-hybridized carbons (Fsp3) is 0.364. The average Bonchev–Trinajstić information content (AvgIpc) is 2.98. The van der Waals surface area contributed by atoms with E-state index < -0.39 is 0 Å². The third kappa shape index (κ3) is 2.19. The predicted octanol–water partition coefficient (Wildman–Crippen LogP) is 1.53. The van der Waals surface area contributed by atoms with Crippen LogP contribution in [0.4, 0.5) is 0 Å². The highest BCUT2D eigenvalue weighted by Crippen LogP contribution is 2.33. The molecule has 1 unspecified atom stereocenters. The minimum absolute atomic E-state index is 0.139. The number of hydrogen-bond acceptors (Lipinski definition) is 5. The number of methoxy groups -OCH3 is 1. The molecule has 0 saturated heterocycles. The van der Waals surface area contributed by atoms with Gasteiger partial charge in [0.2, 0.25) is 0 Å². The van der Waals surface area contributed by atoms with E-state index in [1.54, 1.807) is 24.6 Å². The number of nitrogens with one attached hydrogen (secondary N) is 1. The zero-order chi connectivity index (χ0) is 12.3. The van der Waals surface area contributed by atoms with E-state index in [-0.39, 0.29) is 6.04 Å². The maximum Gasteiger partial charge on any atom is 0.134 e. The van der Waals surface area contributed by atoms with Crippen LogP contribution in [0, 0.1) is 0 Å². The van der Waals surface area contributed by atoms with Gasteiger partial charge in [-0.3, -0.25) is 5.84 Å². The fourth-order valence-corrected chi connectivity index (χ4v) is 2.72. The quantitative estimate of drug-likeness (QED) is 0.625. The lowest BCUT2D eigenvalue weighted by Crippen LogP contribution is -2.30. The van der Waals surface area contributed by atoms with Gasteiger partial charge in [-0.1, -0.05) is 0 Å². The van der Waals surface area contributed by atoms with Crippen LogP contribution < -0.4 is 16.0 Å². The number of hydrazine groups is 1.